The molecule has 0 spiro atoms. The minimum Gasteiger partial charge on any atom is -0.351 e. The van der Waals surface area contributed by atoms with Crippen LogP contribution in [0.4, 0.5) is 0 Å². The van der Waals surface area contributed by atoms with Gasteiger partial charge in [0.1, 0.15) is 0 Å². The zero-order chi connectivity index (χ0) is 14.8. The lowest BCUT2D eigenvalue weighted by atomic mass is 9.91. The van der Waals surface area contributed by atoms with Gasteiger partial charge in [-0.05, 0) is 29.6 Å². The van der Waals surface area contributed by atoms with Crippen molar-refractivity contribution >= 4 is 41.5 Å². The summed E-state index contributed by atoms with van der Waals surface area (Å²) in [5.74, 6) is -0.171. The second kappa shape index (κ2) is 6.20. The molecule has 0 unspecified atom stereocenters. The number of amides is 1. The molecule has 0 radical (unpaired) electrons. The fourth-order valence-electron chi connectivity index (χ4n) is 1.83. The van der Waals surface area contributed by atoms with Gasteiger partial charge in [0, 0.05) is 21.7 Å². The molecule has 0 aliphatic heterocycles. The first-order valence-electron chi connectivity index (χ1n) is 6.21. The first kappa shape index (κ1) is 15.4. The van der Waals surface area contributed by atoms with Gasteiger partial charge in [-0.1, -0.05) is 31.5 Å². The van der Waals surface area contributed by atoms with Gasteiger partial charge in [-0.2, -0.15) is 0 Å². The molecule has 5 heteroatoms. The van der Waals surface area contributed by atoms with Gasteiger partial charge in [0.25, 0.3) is 5.91 Å². The van der Waals surface area contributed by atoms with E-state index in [-0.39, 0.29) is 11.3 Å². The highest BCUT2D eigenvalue weighted by Crippen LogP contribution is 2.27. The average Bonchev–Trinajstić information content (AvgIpc) is 2.93. The summed E-state index contributed by atoms with van der Waals surface area (Å²) in [7, 11) is 0. The number of halogens is 1. The summed E-state index contributed by atoms with van der Waals surface area (Å²) in [6.45, 7) is 4.77. The Kier molecular flexibility index (Phi) is 4.78. The SMILES string of the molecule is CC(C)(CNC(=O)c1cc(S)ccc1Cl)c1cccs1. The highest BCUT2D eigenvalue weighted by Gasteiger charge is 2.23. The Morgan fingerprint density at radius 3 is 2.80 bits per heavy atom. The first-order valence-corrected chi connectivity index (χ1v) is 7.91. The number of hydrogen-bond donors (Lipinski definition) is 2. The maximum atomic E-state index is 12.2. The molecule has 2 aromatic rings. The summed E-state index contributed by atoms with van der Waals surface area (Å²) < 4.78 is 0. The van der Waals surface area contributed by atoms with Gasteiger partial charge >= 0.3 is 0 Å². The maximum Gasteiger partial charge on any atom is 0.252 e. The van der Waals surface area contributed by atoms with E-state index in [1.807, 2.05) is 11.4 Å². The maximum absolute atomic E-state index is 12.2. The van der Waals surface area contributed by atoms with Crippen molar-refractivity contribution in [1.29, 1.82) is 0 Å². The second-order valence-electron chi connectivity index (χ2n) is 5.21. The van der Waals surface area contributed by atoms with Crippen LogP contribution in [0.3, 0.4) is 0 Å². The molecule has 2 rings (SSSR count). The van der Waals surface area contributed by atoms with Gasteiger partial charge < -0.3 is 5.32 Å². The van der Waals surface area contributed by atoms with E-state index in [0.717, 1.165) is 4.90 Å². The molecule has 0 fully saturated rings. The third-order valence-corrected chi connectivity index (χ3v) is 4.92. The fraction of sp³-hybridized carbons (Fsp3) is 0.267. The monoisotopic (exact) mass is 325 g/mol. The number of hydrogen-bond acceptors (Lipinski definition) is 3. The molecule has 0 saturated carbocycles. The van der Waals surface area contributed by atoms with Crippen LogP contribution < -0.4 is 5.32 Å². The third-order valence-electron chi connectivity index (χ3n) is 3.07. The standard InChI is InChI=1S/C15H16ClNOS2/c1-15(2,13-4-3-7-20-13)9-17-14(18)11-8-10(19)5-6-12(11)16/h3-8,19H,9H2,1-2H3,(H,17,18). The molecule has 0 aliphatic rings. The molecule has 0 saturated heterocycles. The average molecular weight is 326 g/mol. The Morgan fingerprint density at radius 2 is 2.15 bits per heavy atom. The van der Waals surface area contributed by atoms with Gasteiger partial charge in [0.05, 0.1) is 10.6 Å². The van der Waals surface area contributed by atoms with Gasteiger partial charge in [-0.25, -0.2) is 0 Å². The fourth-order valence-corrected chi connectivity index (χ4v) is 3.09. The molecule has 20 heavy (non-hydrogen) atoms. The van der Waals surface area contributed by atoms with E-state index in [0.29, 0.717) is 17.1 Å². The van der Waals surface area contributed by atoms with Crippen molar-refractivity contribution in [3.63, 3.8) is 0 Å². The summed E-state index contributed by atoms with van der Waals surface area (Å²) in [4.78, 5) is 14.2. The number of nitrogens with one attached hydrogen (secondary N) is 1. The van der Waals surface area contributed by atoms with Crippen LogP contribution in [0.25, 0.3) is 0 Å². The summed E-state index contributed by atoms with van der Waals surface area (Å²) in [6.07, 6.45) is 0. The van der Waals surface area contributed by atoms with E-state index >= 15 is 0 Å². The zero-order valence-corrected chi connectivity index (χ0v) is 13.8. The highest BCUT2D eigenvalue weighted by molar-refractivity contribution is 7.80. The smallest absolute Gasteiger partial charge is 0.252 e. The molecule has 106 valence electrons. The van der Waals surface area contributed by atoms with Crippen LogP contribution in [0.15, 0.2) is 40.6 Å². The van der Waals surface area contributed by atoms with Gasteiger partial charge in [0.2, 0.25) is 0 Å². The number of carbonyl (C=O) groups excluding carboxylic acids is 1. The molecule has 0 bridgehead atoms. The lowest BCUT2D eigenvalue weighted by Gasteiger charge is -2.23. The van der Waals surface area contributed by atoms with Crippen LogP contribution in [0.1, 0.15) is 29.1 Å². The van der Waals surface area contributed by atoms with Gasteiger partial charge in [-0.3, -0.25) is 4.79 Å². The molecule has 0 atom stereocenters. The molecule has 0 aliphatic carbocycles. The molecule has 1 aromatic carbocycles. The third kappa shape index (κ3) is 3.57. The Bertz CT molecular complexity index is 608. The van der Waals surface area contributed by atoms with E-state index in [9.17, 15) is 4.79 Å². The van der Waals surface area contributed by atoms with E-state index in [4.69, 9.17) is 11.6 Å². The van der Waals surface area contributed by atoms with Crippen molar-refractivity contribution < 1.29 is 4.79 Å². The van der Waals surface area contributed by atoms with E-state index < -0.39 is 0 Å². The van der Waals surface area contributed by atoms with Crippen molar-refractivity contribution in [3.05, 3.63) is 51.2 Å². The van der Waals surface area contributed by atoms with Crippen LogP contribution in [0.2, 0.25) is 5.02 Å². The predicted molar refractivity (Wildman–Crippen MR) is 88.4 cm³/mol. The second-order valence-corrected chi connectivity index (χ2v) is 7.08. The molecule has 1 N–H and O–H groups in total. The molecule has 2 nitrogen and oxygen atoms in total. The number of carbonyl (C=O) groups is 1. The summed E-state index contributed by atoms with van der Waals surface area (Å²) >= 11 is 12.0. The van der Waals surface area contributed by atoms with Crippen molar-refractivity contribution in [3.8, 4) is 0 Å². The van der Waals surface area contributed by atoms with Crippen molar-refractivity contribution in [1.82, 2.24) is 5.32 Å². The van der Waals surface area contributed by atoms with Crippen molar-refractivity contribution in [2.75, 3.05) is 6.54 Å². The summed E-state index contributed by atoms with van der Waals surface area (Å²) in [5, 5.41) is 5.43. The topological polar surface area (TPSA) is 29.1 Å². The molecule has 1 aromatic heterocycles. The zero-order valence-electron chi connectivity index (χ0n) is 11.3. The normalized spacial score (nSPS) is 11.4. The Morgan fingerprint density at radius 1 is 1.40 bits per heavy atom. The first-order chi connectivity index (χ1) is 9.40. The summed E-state index contributed by atoms with van der Waals surface area (Å²) in [5.41, 5.74) is 0.357. The van der Waals surface area contributed by atoms with Crippen LogP contribution in [0, 0.1) is 0 Å². The van der Waals surface area contributed by atoms with Crippen LogP contribution in [-0.2, 0) is 5.41 Å². The van der Waals surface area contributed by atoms with Crippen LogP contribution >= 0.6 is 35.6 Å². The predicted octanol–water partition coefficient (Wildman–Crippen LogP) is 4.40. The Hall–Kier alpha value is -0.970. The van der Waals surface area contributed by atoms with Gasteiger partial charge in [0.15, 0.2) is 0 Å². The van der Waals surface area contributed by atoms with Crippen LogP contribution in [-0.4, -0.2) is 12.5 Å². The highest BCUT2D eigenvalue weighted by atomic mass is 35.5. The minimum atomic E-state index is -0.171. The van der Waals surface area contributed by atoms with E-state index in [1.54, 1.807) is 29.5 Å². The number of thiophene rings is 1. The van der Waals surface area contributed by atoms with Gasteiger partial charge in [-0.15, -0.1) is 24.0 Å². The Labute approximate surface area is 133 Å². The van der Waals surface area contributed by atoms with Crippen LogP contribution in [0.5, 0.6) is 0 Å². The molecular weight excluding hydrogens is 310 g/mol. The van der Waals surface area contributed by atoms with Crippen molar-refractivity contribution in [2.24, 2.45) is 0 Å². The lowest BCUT2D eigenvalue weighted by Crippen LogP contribution is -2.36. The molecule has 1 heterocycles. The largest absolute Gasteiger partial charge is 0.351 e. The quantitative estimate of drug-likeness (QED) is 0.802. The number of rotatable bonds is 4. The lowest BCUT2D eigenvalue weighted by molar-refractivity contribution is 0.0946. The summed E-state index contributed by atoms with van der Waals surface area (Å²) in [6, 6.07) is 9.23. The molecule has 1 amide bonds. The van der Waals surface area contributed by atoms with E-state index in [2.05, 4.69) is 37.9 Å². The number of thiol groups is 1. The molecular formula is C15H16ClNOS2. The van der Waals surface area contributed by atoms with E-state index in [1.165, 1.54) is 4.88 Å². The Balaban J connectivity index is 2.07. The minimum absolute atomic E-state index is 0.102. The number of benzene rings is 1. The van der Waals surface area contributed by atoms with Crippen molar-refractivity contribution in [2.45, 2.75) is 24.2 Å².